The average Bonchev–Trinajstić information content (AvgIpc) is 3.39. The van der Waals surface area contributed by atoms with E-state index in [0.717, 1.165) is 24.3 Å². The smallest absolute Gasteiger partial charge is 0.215 e. The number of ether oxygens (including phenoxy) is 3. The van der Waals surface area contributed by atoms with Gasteiger partial charge in [0.05, 0.1) is 27.4 Å². The first kappa shape index (κ1) is 24.1. The Morgan fingerprint density at radius 2 is 1.61 bits per heavy atom. The van der Waals surface area contributed by atoms with Gasteiger partial charge in [0.15, 0.2) is 16.6 Å². The van der Waals surface area contributed by atoms with Crippen molar-refractivity contribution < 1.29 is 23.7 Å². The Bertz CT molecular complexity index is 1340. The van der Waals surface area contributed by atoms with Crippen molar-refractivity contribution >= 4 is 22.0 Å². The van der Waals surface area contributed by atoms with Crippen molar-refractivity contribution in [2.24, 2.45) is 0 Å². The van der Waals surface area contributed by atoms with Gasteiger partial charge in [-0.3, -0.25) is 4.90 Å². The highest BCUT2D eigenvalue weighted by Crippen LogP contribution is 2.45. The van der Waals surface area contributed by atoms with Crippen LogP contribution in [0.1, 0.15) is 23.1 Å². The molecule has 0 amide bonds. The summed E-state index contributed by atoms with van der Waals surface area (Å²) in [6.07, 6.45) is 0. The monoisotopic (exact) mass is 513 g/mol. The largest absolute Gasteiger partial charge is 0.498 e. The molecule has 5 rings (SSSR count). The van der Waals surface area contributed by atoms with Gasteiger partial charge in [-0.25, -0.2) is 13.9 Å². The van der Waals surface area contributed by atoms with Crippen molar-refractivity contribution in [2.75, 3.05) is 52.4 Å². The first-order chi connectivity index (χ1) is 17.4. The second kappa shape index (κ2) is 9.82. The number of piperazine rings is 1. The van der Waals surface area contributed by atoms with Gasteiger partial charge in [-0.05, 0) is 48.9 Å². The number of nitrogens with zero attached hydrogens (tertiary/aromatic N) is 5. The molecule has 1 atom stereocenters. The molecule has 0 bridgehead atoms. The fraction of sp³-hybridized carbons (Fsp3) is 0.360. The fourth-order valence-corrected chi connectivity index (χ4v) is 5.65. The summed E-state index contributed by atoms with van der Waals surface area (Å²) < 4.78 is 31.9. The summed E-state index contributed by atoms with van der Waals surface area (Å²) in [7, 11) is 4.73. The number of aromatic nitrogens is 3. The SMILES string of the molecule is COc1cc(C(c2c(O)sc3nc(C)nn23)N2CCN(c3ccc(F)cc3)CC2)cc(OC)c1OC. The molecular weight excluding hydrogens is 485 g/mol. The number of halogens is 1. The summed E-state index contributed by atoms with van der Waals surface area (Å²) in [5.41, 5.74) is 2.48. The summed E-state index contributed by atoms with van der Waals surface area (Å²) in [5.74, 6) is 1.94. The quantitative estimate of drug-likeness (QED) is 0.399. The summed E-state index contributed by atoms with van der Waals surface area (Å²) in [6.45, 7) is 4.69. The third-order valence-corrected chi connectivity index (χ3v) is 7.30. The highest BCUT2D eigenvalue weighted by atomic mass is 32.1. The van der Waals surface area contributed by atoms with E-state index in [1.54, 1.807) is 38.0 Å². The number of methoxy groups -OCH3 is 3. The van der Waals surface area contributed by atoms with Crippen LogP contribution in [0.3, 0.4) is 0 Å². The number of hydrogen-bond acceptors (Lipinski definition) is 9. The van der Waals surface area contributed by atoms with E-state index in [1.165, 1.54) is 23.5 Å². The van der Waals surface area contributed by atoms with E-state index in [-0.39, 0.29) is 16.9 Å². The number of aromatic hydroxyl groups is 1. The van der Waals surface area contributed by atoms with E-state index in [9.17, 15) is 9.50 Å². The molecule has 0 aliphatic carbocycles. The zero-order chi connectivity index (χ0) is 25.4. The number of benzene rings is 2. The molecule has 2 aromatic heterocycles. The molecule has 1 fully saturated rings. The van der Waals surface area contributed by atoms with Crippen molar-refractivity contribution in [1.82, 2.24) is 19.5 Å². The molecule has 0 saturated carbocycles. The number of hydrogen-bond donors (Lipinski definition) is 1. The molecule has 9 nitrogen and oxygen atoms in total. The summed E-state index contributed by atoms with van der Waals surface area (Å²) >= 11 is 1.20. The minimum absolute atomic E-state index is 0.157. The lowest BCUT2D eigenvalue weighted by atomic mass is 9.99. The van der Waals surface area contributed by atoms with Crippen molar-refractivity contribution in [3.05, 3.63) is 59.3 Å². The third kappa shape index (κ3) is 4.28. The standard InChI is InChI=1S/C25H28FN5O4S/c1-15-27-25-31(28-15)22(24(32)36-25)21(16-13-19(33-2)23(35-4)20(14-16)34-3)30-11-9-29(10-12-30)18-7-5-17(26)6-8-18/h5-8,13-14,21,32H,9-12H2,1-4H3. The van der Waals surface area contributed by atoms with Gasteiger partial charge >= 0.3 is 0 Å². The molecule has 0 radical (unpaired) electrons. The Morgan fingerprint density at radius 1 is 0.972 bits per heavy atom. The molecule has 11 heteroatoms. The Labute approximate surface area is 212 Å². The van der Waals surface area contributed by atoms with Gasteiger partial charge < -0.3 is 24.2 Å². The van der Waals surface area contributed by atoms with E-state index in [4.69, 9.17) is 14.2 Å². The normalized spacial score (nSPS) is 15.3. The fourth-order valence-electron chi connectivity index (χ4n) is 4.77. The van der Waals surface area contributed by atoms with Crippen LogP contribution in [0.15, 0.2) is 36.4 Å². The number of aryl methyl sites for hydroxylation is 1. The van der Waals surface area contributed by atoms with Crippen LogP contribution >= 0.6 is 11.3 Å². The molecule has 4 aromatic rings. The van der Waals surface area contributed by atoms with E-state index < -0.39 is 0 Å². The van der Waals surface area contributed by atoms with Crippen molar-refractivity contribution in [3.8, 4) is 22.3 Å². The number of fused-ring (bicyclic) bond motifs is 1. The van der Waals surface area contributed by atoms with Crippen LogP contribution in [-0.4, -0.2) is 72.1 Å². The van der Waals surface area contributed by atoms with Crippen LogP contribution in [0.5, 0.6) is 22.3 Å². The summed E-state index contributed by atoms with van der Waals surface area (Å²) in [4.78, 5) is 9.60. The van der Waals surface area contributed by atoms with Gasteiger partial charge in [-0.15, -0.1) is 0 Å². The van der Waals surface area contributed by atoms with E-state index in [0.29, 0.717) is 46.8 Å². The maximum Gasteiger partial charge on any atom is 0.215 e. The predicted octanol–water partition coefficient (Wildman–Crippen LogP) is 3.88. The molecule has 1 N–H and O–H groups in total. The second-order valence-corrected chi connectivity index (χ2v) is 9.46. The second-order valence-electron chi connectivity index (χ2n) is 8.51. The lowest BCUT2D eigenvalue weighted by Crippen LogP contribution is -2.48. The zero-order valence-corrected chi connectivity index (χ0v) is 21.4. The average molecular weight is 514 g/mol. The molecule has 1 saturated heterocycles. The molecule has 3 heterocycles. The van der Waals surface area contributed by atoms with Crippen molar-refractivity contribution in [2.45, 2.75) is 13.0 Å². The molecular formula is C25H28FN5O4S. The van der Waals surface area contributed by atoms with Crippen LogP contribution in [0.2, 0.25) is 0 Å². The lowest BCUT2D eigenvalue weighted by molar-refractivity contribution is 0.204. The molecule has 1 aliphatic rings. The topological polar surface area (TPSA) is 84.6 Å². The predicted molar refractivity (Wildman–Crippen MR) is 135 cm³/mol. The molecule has 190 valence electrons. The Kier molecular flexibility index (Phi) is 6.59. The van der Waals surface area contributed by atoms with Gasteiger partial charge in [0.2, 0.25) is 10.7 Å². The third-order valence-electron chi connectivity index (χ3n) is 6.45. The first-order valence-electron chi connectivity index (χ1n) is 11.5. The Balaban J connectivity index is 1.57. The van der Waals surface area contributed by atoms with E-state index in [2.05, 4.69) is 19.9 Å². The number of rotatable bonds is 7. The minimum Gasteiger partial charge on any atom is -0.498 e. The Morgan fingerprint density at radius 3 is 2.19 bits per heavy atom. The van der Waals surface area contributed by atoms with E-state index >= 15 is 0 Å². The highest BCUT2D eigenvalue weighted by Gasteiger charge is 2.34. The van der Waals surface area contributed by atoms with Crippen LogP contribution in [0.25, 0.3) is 4.96 Å². The lowest BCUT2D eigenvalue weighted by Gasteiger charge is -2.40. The summed E-state index contributed by atoms with van der Waals surface area (Å²) in [6, 6.07) is 10.0. The minimum atomic E-state index is -0.357. The molecule has 1 aliphatic heterocycles. The number of thiazole rings is 1. The first-order valence-corrected chi connectivity index (χ1v) is 12.3. The van der Waals surface area contributed by atoms with Crippen LogP contribution in [-0.2, 0) is 0 Å². The van der Waals surface area contributed by atoms with Gasteiger partial charge in [0.25, 0.3) is 0 Å². The zero-order valence-electron chi connectivity index (χ0n) is 20.6. The van der Waals surface area contributed by atoms with Gasteiger partial charge in [0.1, 0.15) is 17.3 Å². The molecule has 36 heavy (non-hydrogen) atoms. The van der Waals surface area contributed by atoms with Gasteiger partial charge in [-0.1, -0.05) is 11.3 Å². The van der Waals surface area contributed by atoms with Gasteiger partial charge in [0, 0.05) is 31.9 Å². The Hall–Kier alpha value is -3.57. The molecule has 1 unspecified atom stereocenters. The molecule has 0 spiro atoms. The van der Waals surface area contributed by atoms with Crippen molar-refractivity contribution in [1.29, 1.82) is 0 Å². The van der Waals surface area contributed by atoms with Crippen LogP contribution in [0, 0.1) is 12.7 Å². The van der Waals surface area contributed by atoms with Gasteiger partial charge in [-0.2, -0.15) is 5.10 Å². The van der Waals surface area contributed by atoms with Crippen molar-refractivity contribution in [3.63, 3.8) is 0 Å². The maximum absolute atomic E-state index is 13.4. The number of anilines is 1. The maximum atomic E-state index is 13.4. The summed E-state index contributed by atoms with van der Waals surface area (Å²) in [5, 5.41) is 15.8. The van der Waals surface area contributed by atoms with Crippen LogP contribution in [0.4, 0.5) is 10.1 Å². The highest BCUT2D eigenvalue weighted by molar-refractivity contribution is 7.18. The van der Waals surface area contributed by atoms with E-state index in [1.807, 2.05) is 19.1 Å². The molecule has 2 aromatic carbocycles. The van der Waals surface area contributed by atoms with Crippen LogP contribution < -0.4 is 19.1 Å².